The first-order valence-electron chi connectivity index (χ1n) is 8.92. The van der Waals surface area contributed by atoms with Crippen molar-refractivity contribution >= 4 is 23.3 Å². The highest BCUT2D eigenvalue weighted by molar-refractivity contribution is 5.95. The van der Waals surface area contributed by atoms with Gasteiger partial charge in [0.1, 0.15) is 5.75 Å². The molecule has 0 spiro atoms. The van der Waals surface area contributed by atoms with E-state index in [2.05, 4.69) is 5.32 Å². The topological polar surface area (TPSA) is 108 Å². The average molecular weight is 384 g/mol. The third-order valence-corrected chi connectivity index (χ3v) is 4.45. The SMILES string of the molecule is C[C@@H](OC(=O)COc1ccc([N+](=O)[O-])cc1)C(=O)Nc1ccc2c(c1)CCC2. The Morgan fingerprint density at radius 1 is 1.14 bits per heavy atom. The lowest BCUT2D eigenvalue weighted by Gasteiger charge is -2.14. The summed E-state index contributed by atoms with van der Waals surface area (Å²) < 4.78 is 10.3. The van der Waals surface area contributed by atoms with Crippen molar-refractivity contribution in [1.29, 1.82) is 0 Å². The number of hydrogen-bond donors (Lipinski definition) is 1. The Hall–Kier alpha value is -3.42. The third-order valence-electron chi connectivity index (χ3n) is 4.45. The molecule has 0 aliphatic heterocycles. The third kappa shape index (κ3) is 4.85. The second-order valence-corrected chi connectivity index (χ2v) is 6.50. The minimum atomic E-state index is -0.985. The largest absolute Gasteiger partial charge is 0.482 e. The van der Waals surface area contributed by atoms with Crippen LogP contribution in [0, 0.1) is 10.1 Å². The maximum atomic E-state index is 12.2. The van der Waals surface area contributed by atoms with Crippen molar-refractivity contribution in [2.45, 2.75) is 32.3 Å². The Morgan fingerprint density at radius 2 is 1.86 bits per heavy atom. The van der Waals surface area contributed by atoms with Gasteiger partial charge >= 0.3 is 5.97 Å². The fraction of sp³-hybridized carbons (Fsp3) is 0.300. The van der Waals surface area contributed by atoms with E-state index in [0.29, 0.717) is 5.69 Å². The molecular weight excluding hydrogens is 364 g/mol. The summed E-state index contributed by atoms with van der Waals surface area (Å²) in [7, 11) is 0. The van der Waals surface area contributed by atoms with Gasteiger partial charge in [-0.1, -0.05) is 6.07 Å². The maximum Gasteiger partial charge on any atom is 0.344 e. The van der Waals surface area contributed by atoms with Crippen LogP contribution in [0.1, 0.15) is 24.5 Å². The quantitative estimate of drug-likeness (QED) is 0.447. The Bertz CT molecular complexity index is 894. The lowest BCUT2D eigenvalue weighted by atomic mass is 10.1. The van der Waals surface area contributed by atoms with Gasteiger partial charge in [-0.15, -0.1) is 0 Å². The first-order valence-corrected chi connectivity index (χ1v) is 8.92. The molecule has 1 atom stereocenters. The number of amides is 1. The van der Waals surface area contributed by atoms with Crippen LogP contribution in [0.15, 0.2) is 42.5 Å². The molecule has 1 amide bonds. The van der Waals surface area contributed by atoms with Gasteiger partial charge in [0.15, 0.2) is 12.7 Å². The molecule has 1 aliphatic rings. The van der Waals surface area contributed by atoms with E-state index in [9.17, 15) is 19.7 Å². The number of nitro groups is 1. The molecule has 1 N–H and O–H groups in total. The van der Waals surface area contributed by atoms with Gasteiger partial charge in [0.2, 0.25) is 0 Å². The van der Waals surface area contributed by atoms with Crippen molar-refractivity contribution < 1.29 is 24.0 Å². The van der Waals surface area contributed by atoms with Crippen molar-refractivity contribution in [1.82, 2.24) is 0 Å². The molecule has 0 bridgehead atoms. The number of non-ortho nitro benzene ring substituents is 1. The lowest BCUT2D eigenvalue weighted by molar-refractivity contribution is -0.384. The van der Waals surface area contributed by atoms with E-state index in [0.717, 1.165) is 19.3 Å². The number of hydrogen-bond acceptors (Lipinski definition) is 6. The molecule has 2 aromatic carbocycles. The molecule has 1 aliphatic carbocycles. The van der Waals surface area contributed by atoms with E-state index in [1.54, 1.807) is 0 Å². The number of rotatable bonds is 7. The first-order chi connectivity index (χ1) is 13.4. The van der Waals surface area contributed by atoms with Crippen LogP contribution in [-0.2, 0) is 27.2 Å². The normalized spacial score (nSPS) is 13.3. The second-order valence-electron chi connectivity index (χ2n) is 6.50. The van der Waals surface area contributed by atoms with E-state index in [-0.39, 0.29) is 11.4 Å². The van der Waals surface area contributed by atoms with Gasteiger partial charge in [-0.05, 0) is 61.6 Å². The van der Waals surface area contributed by atoms with E-state index in [4.69, 9.17) is 9.47 Å². The monoisotopic (exact) mass is 384 g/mol. The smallest absolute Gasteiger partial charge is 0.344 e. The zero-order valence-corrected chi connectivity index (χ0v) is 15.3. The summed E-state index contributed by atoms with van der Waals surface area (Å²) in [6, 6.07) is 11.1. The highest BCUT2D eigenvalue weighted by Gasteiger charge is 2.19. The molecule has 0 aromatic heterocycles. The highest BCUT2D eigenvalue weighted by atomic mass is 16.6. The Kier molecular flexibility index (Phi) is 5.88. The molecule has 0 heterocycles. The fourth-order valence-electron chi connectivity index (χ4n) is 2.98. The summed E-state index contributed by atoms with van der Waals surface area (Å²) in [5.74, 6) is -0.852. The number of anilines is 1. The number of carbonyl (C=O) groups is 2. The van der Waals surface area contributed by atoms with Gasteiger partial charge < -0.3 is 14.8 Å². The summed E-state index contributed by atoms with van der Waals surface area (Å²) in [4.78, 5) is 34.2. The van der Waals surface area contributed by atoms with Crippen LogP contribution in [0.25, 0.3) is 0 Å². The molecule has 0 saturated heterocycles. The number of ether oxygens (including phenoxy) is 2. The lowest BCUT2D eigenvalue weighted by Crippen LogP contribution is -2.31. The zero-order chi connectivity index (χ0) is 20.1. The van der Waals surface area contributed by atoms with Gasteiger partial charge in [0.25, 0.3) is 11.6 Å². The minimum Gasteiger partial charge on any atom is -0.482 e. The Balaban J connectivity index is 1.46. The van der Waals surface area contributed by atoms with E-state index >= 15 is 0 Å². The predicted octanol–water partition coefficient (Wildman–Crippen LogP) is 3.03. The zero-order valence-electron chi connectivity index (χ0n) is 15.3. The van der Waals surface area contributed by atoms with Crippen LogP contribution in [0.3, 0.4) is 0 Å². The number of nitrogens with zero attached hydrogens (tertiary/aromatic N) is 1. The fourth-order valence-corrected chi connectivity index (χ4v) is 2.98. The van der Waals surface area contributed by atoms with Crippen LogP contribution < -0.4 is 10.1 Å². The Labute approximate surface area is 161 Å². The number of esters is 1. The van der Waals surface area contributed by atoms with Crippen LogP contribution >= 0.6 is 0 Å². The number of fused-ring (bicyclic) bond motifs is 1. The summed E-state index contributed by atoms with van der Waals surface area (Å²) >= 11 is 0. The maximum absolute atomic E-state index is 12.2. The number of benzene rings is 2. The van der Waals surface area contributed by atoms with Crippen molar-refractivity contribution in [3.8, 4) is 5.75 Å². The molecule has 0 unspecified atom stereocenters. The molecular formula is C20H20N2O6. The molecule has 8 nitrogen and oxygen atoms in total. The summed E-state index contributed by atoms with van der Waals surface area (Å²) in [6.45, 7) is 1.07. The second kappa shape index (κ2) is 8.51. The molecule has 0 radical (unpaired) electrons. The van der Waals surface area contributed by atoms with Crippen molar-refractivity contribution in [3.63, 3.8) is 0 Å². The molecule has 0 saturated carbocycles. The number of nitrogens with one attached hydrogen (secondary N) is 1. The standard InChI is InChI=1S/C20H20N2O6/c1-13(20(24)21-16-6-5-14-3-2-4-15(14)11-16)28-19(23)12-27-18-9-7-17(8-10-18)22(25)26/h5-11,13H,2-4,12H2,1H3,(H,21,24)/t13-/m1/s1. The van der Waals surface area contributed by atoms with Gasteiger partial charge in [-0.25, -0.2) is 4.79 Å². The van der Waals surface area contributed by atoms with Gasteiger partial charge in [-0.3, -0.25) is 14.9 Å². The minimum absolute atomic E-state index is 0.0771. The van der Waals surface area contributed by atoms with Crippen molar-refractivity contribution in [2.24, 2.45) is 0 Å². The predicted molar refractivity (Wildman–Crippen MR) is 101 cm³/mol. The molecule has 0 fully saturated rings. The van der Waals surface area contributed by atoms with E-state index < -0.39 is 29.5 Å². The molecule has 28 heavy (non-hydrogen) atoms. The van der Waals surface area contributed by atoms with Gasteiger partial charge in [-0.2, -0.15) is 0 Å². The molecule has 3 rings (SSSR count). The van der Waals surface area contributed by atoms with Crippen molar-refractivity contribution in [3.05, 3.63) is 63.7 Å². The average Bonchev–Trinajstić information content (AvgIpc) is 3.14. The molecule has 146 valence electrons. The summed E-state index contributed by atoms with van der Waals surface area (Å²) in [5.41, 5.74) is 3.14. The molecule has 8 heteroatoms. The summed E-state index contributed by atoms with van der Waals surface area (Å²) in [6.07, 6.45) is 2.20. The van der Waals surface area contributed by atoms with Gasteiger partial charge in [0, 0.05) is 17.8 Å². The first kappa shape index (κ1) is 19.3. The van der Waals surface area contributed by atoms with Crippen molar-refractivity contribution in [2.75, 3.05) is 11.9 Å². The number of aryl methyl sites for hydroxylation is 2. The van der Waals surface area contributed by atoms with E-state index in [1.165, 1.54) is 42.3 Å². The summed E-state index contributed by atoms with van der Waals surface area (Å²) in [5, 5.41) is 13.3. The number of carbonyl (C=O) groups excluding carboxylic acids is 2. The van der Waals surface area contributed by atoms with Crippen LogP contribution in [0.2, 0.25) is 0 Å². The van der Waals surface area contributed by atoms with Crippen LogP contribution in [0.4, 0.5) is 11.4 Å². The van der Waals surface area contributed by atoms with Crippen LogP contribution in [-0.4, -0.2) is 29.5 Å². The highest BCUT2D eigenvalue weighted by Crippen LogP contribution is 2.25. The number of nitro benzene ring substituents is 1. The van der Waals surface area contributed by atoms with Gasteiger partial charge in [0.05, 0.1) is 4.92 Å². The van der Waals surface area contributed by atoms with E-state index in [1.807, 2.05) is 18.2 Å². The van der Waals surface area contributed by atoms with Crippen LogP contribution in [0.5, 0.6) is 5.75 Å². The Morgan fingerprint density at radius 3 is 2.57 bits per heavy atom. The molecule has 2 aromatic rings.